The summed E-state index contributed by atoms with van der Waals surface area (Å²) >= 11 is 5.92. The van der Waals surface area contributed by atoms with Gasteiger partial charge in [-0.25, -0.2) is 0 Å². The molecular formula is C22H18ClN3O2. The first kappa shape index (κ1) is 18.2. The lowest BCUT2D eigenvalue weighted by molar-refractivity contribution is 0.0917. The fraction of sp³-hybridized carbons (Fsp3) is 0.0909. The summed E-state index contributed by atoms with van der Waals surface area (Å²) in [5, 5.41) is 22.9. The van der Waals surface area contributed by atoms with Gasteiger partial charge in [-0.2, -0.15) is 5.10 Å². The number of hydrogen-bond donors (Lipinski definition) is 3. The first-order valence-corrected chi connectivity index (χ1v) is 9.24. The highest BCUT2D eigenvalue weighted by Crippen LogP contribution is 2.23. The number of aromatic nitrogens is 2. The Morgan fingerprint density at radius 3 is 2.61 bits per heavy atom. The number of amides is 1. The van der Waals surface area contributed by atoms with Gasteiger partial charge in [-0.3, -0.25) is 9.89 Å². The number of nitrogens with zero attached hydrogens (tertiary/aromatic N) is 1. The van der Waals surface area contributed by atoms with Gasteiger partial charge in [-0.05, 0) is 34.5 Å². The van der Waals surface area contributed by atoms with Crippen LogP contribution in [-0.4, -0.2) is 27.8 Å². The average Bonchev–Trinajstić information content (AvgIpc) is 3.22. The molecule has 3 N–H and O–H groups in total. The Kier molecular flexibility index (Phi) is 5.10. The lowest BCUT2D eigenvalue weighted by Crippen LogP contribution is -2.28. The summed E-state index contributed by atoms with van der Waals surface area (Å²) in [5.41, 5.74) is 2.58. The lowest BCUT2D eigenvalue weighted by atomic mass is 10.0. The second-order valence-electron chi connectivity index (χ2n) is 6.50. The Morgan fingerprint density at radius 1 is 1.07 bits per heavy atom. The Hall–Kier alpha value is -3.15. The van der Waals surface area contributed by atoms with Crippen molar-refractivity contribution < 1.29 is 9.90 Å². The molecule has 0 bridgehead atoms. The van der Waals surface area contributed by atoms with Crippen molar-refractivity contribution in [1.29, 1.82) is 0 Å². The number of H-pyrrole nitrogens is 1. The third-order valence-corrected chi connectivity index (χ3v) is 4.88. The summed E-state index contributed by atoms with van der Waals surface area (Å²) in [4.78, 5) is 12.6. The topological polar surface area (TPSA) is 78.0 Å². The Morgan fingerprint density at radius 2 is 1.82 bits per heavy atom. The van der Waals surface area contributed by atoms with Crippen LogP contribution in [-0.2, 0) is 0 Å². The van der Waals surface area contributed by atoms with Crippen LogP contribution in [0.3, 0.4) is 0 Å². The van der Waals surface area contributed by atoms with Crippen LogP contribution in [0.4, 0.5) is 0 Å². The number of carbonyl (C=O) groups excluding carboxylic acids is 1. The van der Waals surface area contributed by atoms with E-state index in [1.165, 1.54) is 6.20 Å². The summed E-state index contributed by atoms with van der Waals surface area (Å²) in [6.45, 7) is 0.0996. The summed E-state index contributed by atoms with van der Waals surface area (Å²) in [6, 6.07) is 20.8. The zero-order chi connectivity index (χ0) is 19.5. The molecule has 140 valence electrons. The number of rotatable bonds is 5. The van der Waals surface area contributed by atoms with Gasteiger partial charge in [-0.15, -0.1) is 0 Å². The van der Waals surface area contributed by atoms with Gasteiger partial charge in [0.05, 0.1) is 23.6 Å². The number of fused-ring (bicyclic) bond motifs is 1. The quantitative estimate of drug-likeness (QED) is 0.473. The normalized spacial score (nSPS) is 12.1. The molecule has 3 aromatic carbocycles. The average molecular weight is 392 g/mol. The number of aliphatic hydroxyl groups excluding tert-OH is 1. The fourth-order valence-electron chi connectivity index (χ4n) is 3.11. The molecule has 0 spiro atoms. The summed E-state index contributed by atoms with van der Waals surface area (Å²) in [5.74, 6) is -0.307. The number of aromatic amines is 1. The van der Waals surface area contributed by atoms with Crippen molar-refractivity contribution in [3.8, 4) is 11.3 Å². The molecule has 1 aromatic heterocycles. The highest BCUT2D eigenvalue weighted by atomic mass is 35.5. The first-order chi connectivity index (χ1) is 13.6. The summed E-state index contributed by atoms with van der Waals surface area (Å²) in [7, 11) is 0. The van der Waals surface area contributed by atoms with E-state index in [0.717, 1.165) is 21.9 Å². The number of halogens is 1. The molecule has 0 aliphatic heterocycles. The van der Waals surface area contributed by atoms with Crippen molar-refractivity contribution in [1.82, 2.24) is 15.5 Å². The van der Waals surface area contributed by atoms with E-state index < -0.39 is 6.10 Å². The molecule has 1 unspecified atom stereocenters. The minimum absolute atomic E-state index is 0.0996. The maximum Gasteiger partial charge on any atom is 0.255 e. The molecule has 6 heteroatoms. The maximum atomic E-state index is 12.6. The molecule has 1 amide bonds. The Bertz CT molecular complexity index is 1120. The second kappa shape index (κ2) is 7.84. The van der Waals surface area contributed by atoms with Gasteiger partial charge in [0.1, 0.15) is 0 Å². The van der Waals surface area contributed by atoms with E-state index in [9.17, 15) is 9.90 Å². The van der Waals surface area contributed by atoms with Gasteiger partial charge < -0.3 is 10.4 Å². The van der Waals surface area contributed by atoms with E-state index in [2.05, 4.69) is 15.5 Å². The highest BCUT2D eigenvalue weighted by molar-refractivity contribution is 6.30. The number of benzene rings is 3. The van der Waals surface area contributed by atoms with Crippen molar-refractivity contribution in [2.24, 2.45) is 0 Å². The third kappa shape index (κ3) is 3.76. The van der Waals surface area contributed by atoms with E-state index in [0.29, 0.717) is 16.3 Å². The molecule has 0 aliphatic carbocycles. The molecule has 0 radical (unpaired) electrons. The smallest absolute Gasteiger partial charge is 0.255 e. The highest BCUT2D eigenvalue weighted by Gasteiger charge is 2.17. The van der Waals surface area contributed by atoms with Crippen LogP contribution in [0.25, 0.3) is 22.0 Å². The van der Waals surface area contributed by atoms with E-state index in [1.807, 2.05) is 54.6 Å². The monoisotopic (exact) mass is 391 g/mol. The van der Waals surface area contributed by atoms with Gasteiger partial charge in [0, 0.05) is 17.1 Å². The second-order valence-corrected chi connectivity index (χ2v) is 6.93. The zero-order valence-corrected chi connectivity index (χ0v) is 15.6. The minimum Gasteiger partial charge on any atom is -0.387 e. The Balaban J connectivity index is 1.47. The van der Waals surface area contributed by atoms with Gasteiger partial charge >= 0.3 is 0 Å². The molecule has 0 saturated carbocycles. The van der Waals surface area contributed by atoms with E-state index in [-0.39, 0.29) is 12.5 Å². The van der Waals surface area contributed by atoms with Gasteiger partial charge in [0.2, 0.25) is 0 Å². The van der Waals surface area contributed by atoms with Crippen molar-refractivity contribution in [2.45, 2.75) is 6.10 Å². The number of hydrogen-bond acceptors (Lipinski definition) is 3. The standard InChI is InChI=1S/C22H18ClN3O2/c23-18-9-7-15(8-10-18)21-19(12-25-26-21)22(28)24-13-20(27)17-6-5-14-3-1-2-4-16(14)11-17/h1-12,20,27H,13H2,(H,24,28)(H,25,26). The van der Waals surface area contributed by atoms with E-state index in [1.54, 1.807) is 12.1 Å². The molecule has 0 aliphatic rings. The summed E-state index contributed by atoms with van der Waals surface area (Å²) < 4.78 is 0. The lowest BCUT2D eigenvalue weighted by Gasteiger charge is -2.13. The minimum atomic E-state index is -0.806. The summed E-state index contributed by atoms with van der Waals surface area (Å²) in [6.07, 6.45) is 0.668. The molecule has 1 atom stereocenters. The molecule has 4 aromatic rings. The molecule has 5 nitrogen and oxygen atoms in total. The molecule has 0 saturated heterocycles. The van der Waals surface area contributed by atoms with E-state index in [4.69, 9.17) is 11.6 Å². The SMILES string of the molecule is O=C(NCC(O)c1ccc2ccccc2c1)c1cn[nH]c1-c1ccc(Cl)cc1. The van der Waals surface area contributed by atoms with Crippen LogP contribution < -0.4 is 5.32 Å². The van der Waals surface area contributed by atoms with Crippen LogP contribution in [0.5, 0.6) is 0 Å². The van der Waals surface area contributed by atoms with Crippen molar-refractivity contribution in [3.05, 3.63) is 89.1 Å². The molecule has 1 heterocycles. The zero-order valence-electron chi connectivity index (χ0n) is 14.9. The molecule has 0 fully saturated rings. The van der Waals surface area contributed by atoms with Crippen molar-refractivity contribution in [3.63, 3.8) is 0 Å². The van der Waals surface area contributed by atoms with E-state index >= 15 is 0 Å². The van der Waals surface area contributed by atoms with Gasteiger partial charge in [0.25, 0.3) is 5.91 Å². The number of nitrogens with one attached hydrogen (secondary N) is 2. The predicted molar refractivity (Wildman–Crippen MR) is 110 cm³/mol. The maximum absolute atomic E-state index is 12.6. The van der Waals surface area contributed by atoms with Crippen LogP contribution in [0.2, 0.25) is 5.02 Å². The van der Waals surface area contributed by atoms with Crippen LogP contribution in [0.15, 0.2) is 72.9 Å². The predicted octanol–water partition coefficient (Wildman–Crippen LogP) is 4.35. The van der Waals surface area contributed by atoms with Crippen LogP contribution in [0.1, 0.15) is 22.0 Å². The largest absolute Gasteiger partial charge is 0.387 e. The number of carbonyl (C=O) groups is 1. The third-order valence-electron chi connectivity index (χ3n) is 4.63. The molecule has 4 rings (SSSR count). The van der Waals surface area contributed by atoms with Crippen LogP contribution >= 0.6 is 11.6 Å². The van der Waals surface area contributed by atoms with Crippen LogP contribution in [0, 0.1) is 0 Å². The van der Waals surface area contributed by atoms with Gasteiger partial charge in [0.15, 0.2) is 0 Å². The van der Waals surface area contributed by atoms with Crippen molar-refractivity contribution in [2.75, 3.05) is 6.54 Å². The first-order valence-electron chi connectivity index (χ1n) is 8.86. The molecule has 28 heavy (non-hydrogen) atoms. The fourth-order valence-corrected chi connectivity index (χ4v) is 3.24. The number of aliphatic hydroxyl groups is 1. The van der Waals surface area contributed by atoms with Gasteiger partial charge in [-0.1, -0.05) is 60.1 Å². The van der Waals surface area contributed by atoms with Crippen molar-refractivity contribution >= 4 is 28.3 Å². The molecular weight excluding hydrogens is 374 g/mol. The Labute approximate surface area is 167 Å².